The number of carbonyl (C=O) groups excluding carboxylic acids is 1. The minimum Gasteiger partial charge on any atom is -0.395 e. The number of nitrogens with one attached hydrogen (secondary N) is 1. The third-order valence-corrected chi connectivity index (χ3v) is 3.61. The fraction of sp³-hybridized carbons (Fsp3) is 0.333. The lowest BCUT2D eigenvalue weighted by molar-refractivity contribution is 0.0949. The van der Waals surface area contributed by atoms with E-state index in [1.54, 1.807) is 6.07 Å². The molecule has 2 N–H and O–H groups in total. The molecule has 0 aliphatic carbocycles. The van der Waals surface area contributed by atoms with E-state index in [4.69, 9.17) is 9.63 Å². The van der Waals surface area contributed by atoms with Crippen molar-refractivity contribution < 1.29 is 14.4 Å². The summed E-state index contributed by atoms with van der Waals surface area (Å²) in [5.41, 5.74) is 1.76. The van der Waals surface area contributed by atoms with Gasteiger partial charge in [0.2, 0.25) is 0 Å². The highest BCUT2D eigenvalue weighted by Crippen LogP contribution is 2.32. The van der Waals surface area contributed by atoms with Crippen molar-refractivity contribution in [3.05, 3.63) is 28.5 Å². The molecule has 18 heavy (non-hydrogen) atoms. The van der Waals surface area contributed by atoms with E-state index in [2.05, 4.69) is 10.5 Å². The van der Waals surface area contributed by atoms with Crippen molar-refractivity contribution in [1.29, 1.82) is 0 Å². The van der Waals surface area contributed by atoms with E-state index in [-0.39, 0.29) is 19.1 Å². The van der Waals surface area contributed by atoms with E-state index in [0.29, 0.717) is 4.88 Å². The maximum absolute atomic E-state index is 11.7. The minimum atomic E-state index is -0.174. The number of hydrogen-bond acceptors (Lipinski definition) is 5. The molecule has 0 spiro atoms. The summed E-state index contributed by atoms with van der Waals surface area (Å²) in [7, 11) is 0. The number of hydrogen-bond donors (Lipinski definition) is 2. The molecule has 0 atom stereocenters. The monoisotopic (exact) mass is 266 g/mol. The summed E-state index contributed by atoms with van der Waals surface area (Å²) in [4.78, 5) is 13.3. The number of carbonyl (C=O) groups is 1. The van der Waals surface area contributed by atoms with Crippen LogP contribution in [0.1, 0.15) is 21.1 Å². The van der Waals surface area contributed by atoms with Crippen LogP contribution in [0, 0.1) is 13.8 Å². The Morgan fingerprint density at radius 1 is 1.50 bits per heavy atom. The van der Waals surface area contributed by atoms with Crippen molar-refractivity contribution in [3.63, 3.8) is 0 Å². The highest BCUT2D eigenvalue weighted by molar-refractivity contribution is 7.17. The van der Waals surface area contributed by atoms with Crippen molar-refractivity contribution in [2.24, 2.45) is 0 Å². The standard InChI is InChI=1S/C12H14N2O3S/c1-7-11(8(2)17-14-7)9-3-4-10(18-9)12(16)13-5-6-15/h3-4,15H,5-6H2,1-2H3,(H,13,16). The largest absolute Gasteiger partial charge is 0.395 e. The van der Waals surface area contributed by atoms with Crippen LogP contribution in [-0.2, 0) is 0 Å². The lowest BCUT2D eigenvalue weighted by Gasteiger charge is -1.99. The van der Waals surface area contributed by atoms with Crippen molar-refractivity contribution in [2.75, 3.05) is 13.2 Å². The molecule has 1 amide bonds. The van der Waals surface area contributed by atoms with Crippen molar-refractivity contribution in [1.82, 2.24) is 10.5 Å². The Morgan fingerprint density at radius 2 is 2.28 bits per heavy atom. The van der Waals surface area contributed by atoms with E-state index < -0.39 is 0 Å². The predicted octanol–water partition coefficient (Wildman–Crippen LogP) is 1.74. The number of rotatable bonds is 4. The van der Waals surface area contributed by atoms with Gasteiger partial charge in [-0.25, -0.2) is 0 Å². The Kier molecular flexibility index (Phi) is 3.78. The van der Waals surface area contributed by atoms with Crippen molar-refractivity contribution in [3.8, 4) is 10.4 Å². The molecule has 2 rings (SSSR count). The Balaban J connectivity index is 2.23. The molecule has 2 heterocycles. The van der Waals surface area contributed by atoms with Crippen molar-refractivity contribution in [2.45, 2.75) is 13.8 Å². The summed E-state index contributed by atoms with van der Waals surface area (Å²) >= 11 is 1.38. The molecule has 0 fully saturated rings. The van der Waals surface area contributed by atoms with Crippen LogP contribution in [-0.4, -0.2) is 29.3 Å². The van der Waals surface area contributed by atoms with Crippen LogP contribution in [0.25, 0.3) is 10.4 Å². The molecular weight excluding hydrogens is 252 g/mol. The molecule has 6 heteroatoms. The summed E-state index contributed by atoms with van der Waals surface area (Å²) in [5, 5.41) is 15.2. The summed E-state index contributed by atoms with van der Waals surface area (Å²) in [6.45, 7) is 3.92. The summed E-state index contributed by atoms with van der Waals surface area (Å²) in [5.74, 6) is 0.573. The van der Waals surface area contributed by atoms with Crippen LogP contribution in [0.4, 0.5) is 0 Å². The minimum absolute atomic E-state index is 0.0617. The molecule has 96 valence electrons. The third kappa shape index (κ3) is 2.44. The van der Waals surface area contributed by atoms with E-state index in [1.165, 1.54) is 11.3 Å². The molecule has 0 aliphatic heterocycles. The predicted molar refractivity (Wildman–Crippen MR) is 68.7 cm³/mol. The number of nitrogens with zero attached hydrogens (tertiary/aromatic N) is 1. The molecule has 0 aromatic carbocycles. The topological polar surface area (TPSA) is 75.4 Å². The Hall–Kier alpha value is -1.66. The van der Waals surface area contributed by atoms with Gasteiger partial charge in [-0.05, 0) is 26.0 Å². The lowest BCUT2D eigenvalue weighted by atomic mass is 10.2. The van der Waals surface area contributed by atoms with Crippen LogP contribution in [0.15, 0.2) is 16.7 Å². The molecule has 0 bridgehead atoms. The lowest BCUT2D eigenvalue weighted by Crippen LogP contribution is -2.25. The molecule has 0 saturated carbocycles. The van der Waals surface area contributed by atoms with Crippen molar-refractivity contribution >= 4 is 17.2 Å². The molecule has 2 aromatic heterocycles. The molecule has 2 aromatic rings. The van der Waals surface area contributed by atoms with E-state index >= 15 is 0 Å². The summed E-state index contributed by atoms with van der Waals surface area (Å²) in [6, 6.07) is 3.64. The summed E-state index contributed by atoms with van der Waals surface area (Å²) < 4.78 is 5.11. The van der Waals surface area contributed by atoms with Gasteiger partial charge in [0.05, 0.1) is 22.7 Å². The van der Waals surface area contributed by atoms with Crippen LogP contribution in [0.3, 0.4) is 0 Å². The van der Waals surface area contributed by atoms with Gasteiger partial charge in [0.1, 0.15) is 5.76 Å². The first kappa shape index (κ1) is 12.8. The smallest absolute Gasteiger partial charge is 0.261 e. The number of thiophene rings is 1. The van der Waals surface area contributed by atoms with Gasteiger partial charge in [-0.1, -0.05) is 5.16 Å². The molecule has 0 radical (unpaired) electrons. The highest BCUT2D eigenvalue weighted by atomic mass is 32.1. The molecular formula is C12H14N2O3S. The van der Waals surface area contributed by atoms with Crippen LogP contribution < -0.4 is 5.32 Å². The van der Waals surface area contributed by atoms with Gasteiger partial charge in [0.15, 0.2) is 0 Å². The molecule has 0 aliphatic rings. The second-order valence-electron chi connectivity index (χ2n) is 3.84. The molecule has 0 saturated heterocycles. The van der Waals surface area contributed by atoms with Gasteiger partial charge in [-0.2, -0.15) is 0 Å². The third-order valence-electron chi connectivity index (χ3n) is 2.51. The quantitative estimate of drug-likeness (QED) is 0.884. The van der Waals surface area contributed by atoms with Crippen LogP contribution >= 0.6 is 11.3 Å². The number of aliphatic hydroxyl groups excluding tert-OH is 1. The number of aryl methyl sites for hydroxylation is 2. The second kappa shape index (κ2) is 5.32. The molecule has 0 unspecified atom stereocenters. The zero-order valence-electron chi connectivity index (χ0n) is 10.2. The van der Waals surface area contributed by atoms with Gasteiger partial charge in [-0.3, -0.25) is 4.79 Å². The number of amides is 1. The van der Waals surface area contributed by atoms with Gasteiger partial charge in [-0.15, -0.1) is 11.3 Å². The fourth-order valence-electron chi connectivity index (χ4n) is 1.69. The maximum Gasteiger partial charge on any atom is 0.261 e. The SMILES string of the molecule is Cc1noc(C)c1-c1ccc(C(=O)NCCO)s1. The first-order valence-corrected chi connectivity index (χ1v) is 6.37. The van der Waals surface area contributed by atoms with Crippen LogP contribution in [0.5, 0.6) is 0 Å². The molecule has 5 nitrogen and oxygen atoms in total. The fourth-order valence-corrected chi connectivity index (χ4v) is 2.75. The first-order chi connectivity index (χ1) is 8.63. The Morgan fingerprint density at radius 3 is 2.89 bits per heavy atom. The Labute approximate surface area is 108 Å². The van der Waals surface area contributed by atoms with E-state index in [0.717, 1.165) is 21.9 Å². The van der Waals surface area contributed by atoms with Gasteiger partial charge < -0.3 is 14.9 Å². The zero-order valence-corrected chi connectivity index (χ0v) is 11.0. The van der Waals surface area contributed by atoms with Gasteiger partial charge >= 0.3 is 0 Å². The van der Waals surface area contributed by atoms with Gasteiger partial charge in [0.25, 0.3) is 5.91 Å². The normalized spacial score (nSPS) is 10.6. The number of aliphatic hydroxyl groups is 1. The number of aromatic nitrogens is 1. The second-order valence-corrected chi connectivity index (χ2v) is 4.93. The van der Waals surface area contributed by atoms with Gasteiger partial charge in [0, 0.05) is 11.4 Å². The summed E-state index contributed by atoms with van der Waals surface area (Å²) in [6.07, 6.45) is 0. The maximum atomic E-state index is 11.7. The zero-order chi connectivity index (χ0) is 13.1. The average molecular weight is 266 g/mol. The Bertz CT molecular complexity index is 540. The van der Waals surface area contributed by atoms with E-state index in [1.807, 2.05) is 19.9 Å². The first-order valence-electron chi connectivity index (χ1n) is 5.55. The van der Waals surface area contributed by atoms with E-state index in [9.17, 15) is 4.79 Å². The highest BCUT2D eigenvalue weighted by Gasteiger charge is 2.15. The average Bonchev–Trinajstić information content (AvgIpc) is 2.93. The van der Waals surface area contributed by atoms with Crippen LogP contribution in [0.2, 0.25) is 0 Å².